The number of nitrogens with zero attached hydrogens (tertiary/aromatic N) is 1. The molecule has 6 rings (SSSR count). The lowest BCUT2D eigenvalue weighted by Gasteiger charge is -2.26. The van der Waals surface area contributed by atoms with Gasteiger partial charge in [-0.15, -0.1) is 0 Å². The quantitative estimate of drug-likeness (QED) is 0.277. The van der Waals surface area contributed by atoms with Crippen LogP contribution in [0, 0.1) is 0 Å². The van der Waals surface area contributed by atoms with E-state index in [1.807, 2.05) is 30.3 Å². The minimum absolute atomic E-state index is 0.000174. The van der Waals surface area contributed by atoms with Crippen LogP contribution in [0.2, 0.25) is 0 Å². The predicted octanol–water partition coefficient (Wildman–Crippen LogP) is 4.87. The van der Waals surface area contributed by atoms with Crippen molar-refractivity contribution in [2.45, 2.75) is 12.3 Å². The maximum atomic E-state index is 13.2. The van der Waals surface area contributed by atoms with E-state index in [2.05, 4.69) is 4.98 Å². The number of para-hydroxylation sites is 1. The van der Waals surface area contributed by atoms with Crippen LogP contribution in [0.15, 0.2) is 76.1 Å². The fourth-order valence-corrected chi connectivity index (χ4v) is 4.82. The summed E-state index contributed by atoms with van der Waals surface area (Å²) in [4.78, 5) is 30.3. The largest absolute Gasteiger partial charge is 0.507 e. The molecule has 3 aromatic carbocycles. The van der Waals surface area contributed by atoms with Gasteiger partial charge in [-0.1, -0.05) is 24.3 Å². The van der Waals surface area contributed by atoms with Gasteiger partial charge in [-0.25, -0.2) is 0 Å². The van der Waals surface area contributed by atoms with E-state index in [-0.39, 0.29) is 46.1 Å². The lowest BCUT2D eigenvalue weighted by molar-refractivity contribution is -0.135. The predicted molar refractivity (Wildman–Crippen MR) is 132 cm³/mol. The normalized spacial score (nSPS) is 15.0. The molecule has 1 atom stereocenters. The number of hydrogen-bond acceptors (Lipinski definition) is 8. The number of carbonyl (C=O) groups excluding carboxylic acids is 1. The summed E-state index contributed by atoms with van der Waals surface area (Å²) in [6.45, 7) is 0. The Hall–Kier alpha value is -4.85. The van der Waals surface area contributed by atoms with Crippen LogP contribution < -0.4 is 14.9 Å². The zero-order chi connectivity index (χ0) is 25.0. The van der Waals surface area contributed by atoms with Gasteiger partial charge in [-0.2, -0.15) is 0 Å². The number of fused-ring (bicyclic) bond motifs is 4. The minimum atomic E-state index is -0.536. The first-order chi connectivity index (χ1) is 17.4. The molecule has 0 spiro atoms. The maximum absolute atomic E-state index is 13.2. The molecule has 2 aromatic heterocycles. The van der Waals surface area contributed by atoms with Crippen molar-refractivity contribution in [1.29, 1.82) is 0 Å². The monoisotopic (exact) mass is 481 g/mol. The van der Waals surface area contributed by atoms with Crippen molar-refractivity contribution in [3.05, 3.63) is 88.2 Å². The van der Waals surface area contributed by atoms with Crippen LogP contribution in [-0.4, -0.2) is 28.3 Å². The summed E-state index contributed by atoms with van der Waals surface area (Å²) in [5.41, 5.74) is 2.01. The Morgan fingerprint density at radius 3 is 2.64 bits per heavy atom. The summed E-state index contributed by atoms with van der Waals surface area (Å²) in [6.07, 6.45) is 1.68. The Bertz CT molecular complexity index is 1750. The van der Waals surface area contributed by atoms with E-state index in [1.165, 1.54) is 25.3 Å². The van der Waals surface area contributed by atoms with Crippen LogP contribution in [0.4, 0.5) is 0 Å². The van der Waals surface area contributed by atoms with Crippen molar-refractivity contribution >= 4 is 27.8 Å². The molecule has 2 N–H and O–H groups in total. The number of aromatic nitrogens is 1. The number of aromatic hydroxyl groups is 2. The van der Waals surface area contributed by atoms with Crippen molar-refractivity contribution in [1.82, 2.24) is 4.98 Å². The van der Waals surface area contributed by atoms with E-state index in [1.54, 1.807) is 18.3 Å². The zero-order valence-corrected chi connectivity index (χ0v) is 19.0. The molecule has 0 radical (unpaired) electrons. The summed E-state index contributed by atoms with van der Waals surface area (Å²) in [6, 6.07) is 16.6. The Morgan fingerprint density at radius 2 is 1.83 bits per heavy atom. The standard InChI is InChI=1S/C28H19NO7/c1-34-21-8-7-15(10-18(21)30)22-12-19(31)26-20(32)13-23-25(28(26)36-22)17(11-24(33)35-23)16-6-2-4-14-5-3-9-29-27(14)16/h2-10,12-13,17,30,32H,11H2,1H3/t17-/m0/s1. The number of methoxy groups -OCH3 is 1. The number of carbonyl (C=O) groups is 1. The third-order valence-electron chi connectivity index (χ3n) is 6.43. The van der Waals surface area contributed by atoms with Gasteiger partial charge in [-0.05, 0) is 29.8 Å². The molecule has 0 fully saturated rings. The van der Waals surface area contributed by atoms with Crippen molar-refractivity contribution < 1.29 is 28.9 Å². The van der Waals surface area contributed by atoms with Crippen LogP contribution in [0.25, 0.3) is 33.2 Å². The molecule has 0 amide bonds. The van der Waals surface area contributed by atoms with Gasteiger partial charge in [0.1, 0.15) is 28.2 Å². The lowest BCUT2D eigenvalue weighted by Crippen LogP contribution is -2.22. The lowest BCUT2D eigenvalue weighted by atomic mass is 9.84. The fourth-order valence-electron chi connectivity index (χ4n) is 4.82. The van der Waals surface area contributed by atoms with E-state index >= 15 is 0 Å². The highest BCUT2D eigenvalue weighted by molar-refractivity contribution is 5.94. The second-order valence-corrected chi connectivity index (χ2v) is 8.53. The van der Waals surface area contributed by atoms with Gasteiger partial charge in [0, 0.05) is 40.8 Å². The molecule has 1 aliphatic rings. The second kappa shape index (κ2) is 8.13. The molecule has 0 saturated heterocycles. The zero-order valence-electron chi connectivity index (χ0n) is 19.0. The number of rotatable bonds is 3. The molecule has 3 heterocycles. The van der Waals surface area contributed by atoms with Gasteiger partial charge in [0.05, 0.1) is 19.0 Å². The van der Waals surface area contributed by atoms with Crippen molar-refractivity contribution in [3.63, 3.8) is 0 Å². The number of phenols is 2. The van der Waals surface area contributed by atoms with Gasteiger partial charge >= 0.3 is 5.97 Å². The second-order valence-electron chi connectivity index (χ2n) is 8.53. The maximum Gasteiger partial charge on any atom is 0.312 e. The average Bonchev–Trinajstić information content (AvgIpc) is 2.87. The van der Waals surface area contributed by atoms with Gasteiger partial charge in [0.2, 0.25) is 0 Å². The van der Waals surface area contributed by atoms with Crippen molar-refractivity contribution in [2.24, 2.45) is 0 Å². The highest BCUT2D eigenvalue weighted by Crippen LogP contribution is 2.47. The van der Waals surface area contributed by atoms with Crippen molar-refractivity contribution in [3.8, 4) is 34.3 Å². The van der Waals surface area contributed by atoms with Gasteiger partial charge < -0.3 is 24.1 Å². The summed E-state index contributed by atoms with van der Waals surface area (Å²) in [5.74, 6) is -0.928. The number of phenolic OH excluding ortho intramolecular Hbond substituents is 2. The Labute approximate surface area is 204 Å². The van der Waals surface area contributed by atoms with E-state index < -0.39 is 17.3 Å². The molecule has 36 heavy (non-hydrogen) atoms. The summed E-state index contributed by atoms with van der Waals surface area (Å²) < 4.78 is 16.8. The average molecular weight is 481 g/mol. The molecule has 5 aromatic rings. The number of ether oxygens (including phenoxy) is 2. The molecule has 178 valence electrons. The van der Waals surface area contributed by atoms with E-state index in [9.17, 15) is 19.8 Å². The van der Waals surface area contributed by atoms with E-state index in [0.717, 1.165) is 10.9 Å². The van der Waals surface area contributed by atoms with Crippen LogP contribution in [-0.2, 0) is 4.79 Å². The molecule has 0 aliphatic carbocycles. The third kappa shape index (κ3) is 3.34. The smallest absolute Gasteiger partial charge is 0.312 e. The van der Waals surface area contributed by atoms with Gasteiger partial charge in [-0.3, -0.25) is 14.6 Å². The molecule has 1 aliphatic heterocycles. The first kappa shape index (κ1) is 21.7. The molecule has 8 heteroatoms. The Balaban J connectivity index is 1.65. The SMILES string of the molecule is COc1ccc(-c2cc(=O)c3c(O)cc4c(c3o2)[C@H](c2cccc3cccnc23)CC(=O)O4)cc1O. The first-order valence-corrected chi connectivity index (χ1v) is 11.2. The fraction of sp³-hybridized carbons (Fsp3) is 0.107. The number of esters is 1. The Morgan fingerprint density at radius 1 is 1.00 bits per heavy atom. The molecule has 0 saturated carbocycles. The number of hydrogen-bond donors (Lipinski definition) is 2. The number of pyridine rings is 1. The molecular weight excluding hydrogens is 462 g/mol. The van der Waals surface area contributed by atoms with Gasteiger partial charge in [0.15, 0.2) is 16.9 Å². The van der Waals surface area contributed by atoms with E-state index in [0.29, 0.717) is 16.6 Å². The molecule has 0 bridgehead atoms. The van der Waals surface area contributed by atoms with Crippen LogP contribution in [0.5, 0.6) is 23.0 Å². The van der Waals surface area contributed by atoms with Crippen molar-refractivity contribution in [2.75, 3.05) is 7.11 Å². The van der Waals surface area contributed by atoms with Crippen LogP contribution >= 0.6 is 0 Å². The molecule has 0 unspecified atom stereocenters. The first-order valence-electron chi connectivity index (χ1n) is 11.2. The van der Waals surface area contributed by atoms with Gasteiger partial charge in [0.25, 0.3) is 0 Å². The summed E-state index contributed by atoms with van der Waals surface area (Å²) in [7, 11) is 1.43. The molecule has 8 nitrogen and oxygen atoms in total. The Kier molecular flexibility index (Phi) is 4.89. The topological polar surface area (TPSA) is 119 Å². The van der Waals surface area contributed by atoms with E-state index in [4.69, 9.17) is 13.9 Å². The number of benzene rings is 3. The molecular formula is C28H19NO7. The third-order valence-corrected chi connectivity index (χ3v) is 6.43. The summed E-state index contributed by atoms with van der Waals surface area (Å²) >= 11 is 0. The van der Waals surface area contributed by atoms with Crippen LogP contribution in [0.1, 0.15) is 23.5 Å². The highest BCUT2D eigenvalue weighted by Gasteiger charge is 2.34. The summed E-state index contributed by atoms with van der Waals surface area (Å²) in [5, 5.41) is 21.8. The van der Waals surface area contributed by atoms with Crippen LogP contribution in [0.3, 0.4) is 0 Å². The highest BCUT2D eigenvalue weighted by atomic mass is 16.5. The minimum Gasteiger partial charge on any atom is -0.507 e.